The molecule has 9 nitrogen and oxygen atoms in total. The van der Waals surface area contributed by atoms with Gasteiger partial charge in [-0.15, -0.1) is 0 Å². The van der Waals surface area contributed by atoms with Crippen molar-refractivity contribution in [1.29, 1.82) is 0 Å². The number of aliphatic imine (C=N–C) groups is 1. The number of amides is 1. The summed E-state index contributed by atoms with van der Waals surface area (Å²) in [4.78, 5) is 20.7. The molecule has 0 aliphatic carbocycles. The highest BCUT2D eigenvalue weighted by molar-refractivity contribution is 5.98. The summed E-state index contributed by atoms with van der Waals surface area (Å²) in [6, 6.07) is 8.24. The Hall–Kier alpha value is -3.07. The normalized spacial score (nSPS) is 15.0. The number of carbonyl (C=O) groups excluding carboxylic acids is 1. The fourth-order valence-electron chi connectivity index (χ4n) is 3.23. The van der Waals surface area contributed by atoms with Crippen molar-refractivity contribution in [2.45, 2.75) is 6.54 Å². The number of carbonyl (C=O) groups is 1. The van der Waals surface area contributed by atoms with E-state index >= 15 is 0 Å². The first-order valence-electron chi connectivity index (χ1n) is 9.67. The van der Waals surface area contributed by atoms with E-state index in [0.717, 1.165) is 29.4 Å². The third-order valence-electron chi connectivity index (χ3n) is 4.77. The van der Waals surface area contributed by atoms with Gasteiger partial charge in [0.15, 0.2) is 5.96 Å². The van der Waals surface area contributed by atoms with Gasteiger partial charge in [-0.1, -0.05) is 12.1 Å². The van der Waals surface area contributed by atoms with Gasteiger partial charge in [-0.3, -0.25) is 14.5 Å². The van der Waals surface area contributed by atoms with Crippen LogP contribution in [0.3, 0.4) is 0 Å². The molecule has 1 fully saturated rings. The summed E-state index contributed by atoms with van der Waals surface area (Å²) in [6.45, 7) is 3.70. The second-order valence-electron chi connectivity index (χ2n) is 6.86. The lowest BCUT2D eigenvalue weighted by Crippen LogP contribution is -2.55. The molecule has 1 aliphatic rings. The molecular weight excluding hydrogens is 370 g/mol. The van der Waals surface area contributed by atoms with Crippen molar-refractivity contribution in [2.24, 2.45) is 12.0 Å². The number of aryl methyl sites for hydroxylation is 1. The lowest BCUT2D eigenvalue weighted by molar-refractivity contribution is -0.120. The van der Waals surface area contributed by atoms with Crippen LogP contribution in [0.25, 0.3) is 0 Å². The Morgan fingerprint density at radius 2 is 2.07 bits per heavy atom. The number of nitrogens with one attached hydrogen (secondary N) is 2. The molecule has 29 heavy (non-hydrogen) atoms. The zero-order chi connectivity index (χ0) is 20.6. The second-order valence-corrected chi connectivity index (χ2v) is 6.86. The monoisotopic (exact) mass is 399 g/mol. The topological polar surface area (TPSA) is 87.0 Å². The molecule has 1 aromatic heterocycles. The largest absolute Gasteiger partial charge is 0.383 e. The Balaban J connectivity index is 1.51. The summed E-state index contributed by atoms with van der Waals surface area (Å²) in [7, 11) is 5.27. The summed E-state index contributed by atoms with van der Waals surface area (Å²) >= 11 is 0. The molecule has 2 aromatic rings. The van der Waals surface area contributed by atoms with E-state index in [9.17, 15) is 4.79 Å². The molecule has 1 saturated heterocycles. The fraction of sp³-hybridized carbons (Fsp3) is 0.450. The van der Waals surface area contributed by atoms with Gasteiger partial charge >= 0.3 is 0 Å². The van der Waals surface area contributed by atoms with Crippen LogP contribution < -0.4 is 15.5 Å². The molecule has 1 amide bonds. The fourth-order valence-corrected chi connectivity index (χ4v) is 3.23. The smallest absolute Gasteiger partial charge is 0.246 e. The average Bonchev–Trinajstić information content (AvgIpc) is 3.16. The minimum atomic E-state index is 0.0405. The maximum Gasteiger partial charge on any atom is 0.246 e. The van der Waals surface area contributed by atoms with E-state index in [0.29, 0.717) is 26.2 Å². The van der Waals surface area contributed by atoms with E-state index in [-0.39, 0.29) is 12.5 Å². The van der Waals surface area contributed by atoms with Gasteiger partial charge in [-0.2, -0.15) is 5.10 Å². The number of ether oxygens (including phenoxy) is 1. The first-order valence-corrected chi connectivity index (χ1v) is 9.67. The molecule has 1 aromatic carbocycles. The lowest BCUT2D eigenvalue weighted by Gasteiger charge is -2.35. The molecular formula is C20H29N7O2. The highest BCUT2D eigenvalue weighted by Crippen LogP contribution is 2.16. The molecule has 0 bridgehead atoms. The number of benzene rings is 1. The quantitative estimate of drug-likeness (QED) is 0.409. The average molecular weight is 399 g/mol. The van der Waals surface area contributed by atoms with Crippen LogP contribution in [0.15, 0.2) is 41.7 Å². The van der Waals surface area contributed by atoms with Crippen molar-refractivity contribution in [1.82, 2.24) is 20.0 Å². The van der Waals surface area contributed by atoms with Crippen LogP contribution in [0.1, 0.15) is 5.56 Å². The number of hydrogen-bond donors (Lipinski definition) is 2. The zero-order valence-electron chi connectivity index (χ0n) is 17.3. The number of hydrogen-bond acceptors (Lipinski definition) is 5. The van der Waals surface area contributed by atoms with E-state index in [1.165, 1.54) is 0 Å². The Labute approximate surface area is 171 Å². The number of anilines is 2. The molecule has 0 radical (unpaired) electrons. The van der Waals surface area contributed by atoms with Crippen molar-refractivity contribution in [3.8, 4) is 0 Å². The molecule has 2 heterocycles. The zero-order valence-corrected chi connectivity index (χ0v) is 17.3. The van der Waals surface area contributed by atoms with Crippen LogP contribution in [0.4, 0.5) is 11.4 Å². The van der Waals surface area contributed by atoms with Crippen LogP contribution in [0.2, 0.25) is 0 Å². The summed E-state index contributed by atoms with van der Waals surface area (Å²) < 4.78 is 6.74. The van der Waals surface area contributed by atoms with E-state index < -0.39 is 0 Å². The van der Waals surface area contributed by atoms with E-state index in [4.69, 9.17) is 4.74 Å². The summed E-state index contributed by atoms with van der Waals surface area (Å²) in [5, 5.41) is 10.8. The minimum absolute atomic E-state index is 0.0405. The number of methoxy groups -OCH3 is 1. The molecule has 0 saturated carbocycles. The Morgan fingerprint density at radius 3 is 2.69 bits per heavy atom. The molecule has 2 N–H and O–H groups in total. The first kappa shape index (κ1) is 20.7. The van der Waals surface area contributed by atoms with E-state index in [2.05, 4.69) is 32.9 Å². The Morgan fingerprint density at radius 1 is 1.28 bits per heavy atom. The SMILES string of the molecule is CN=C(NCc1ccc(NCCOC)cc1)N1CCN(c2cnn(C)c2)C(=O)C1. The number of rotatable bonds is 7. The molecule has 1 aliphatic heterocycles. The van der Waals surface area contributed by atoms with Crippen molar-refractivity contribution >= 4 is 23.2 Å². The van der Waals surface area contributed by atoms with Crippen LogP contribution in [-0.2, 0) is 23.1 Å². The maximum atomic E-state index is 12.6. The first-order chi connectivity index (χ1) is 14.1. The number of guanidine groups is 1. The van der Waals surface area contributed by atoms with Crippen molar-refractivity contribution < 1.29 is 9.53 Å². The van der Waals surface area contributed by atoms with Gasteiger partial charge in [-0.05, 0) is 17.7 Å². The third-order valence-corrected chi connectivity index (χ3v) is 4.77. The molecule has 0 unspecified atom stereocenters. The second kappa shape index (κ2) is 9.92. The summed E-state index contributed by atoms with van der Waals surface area (Å²) in [5.41, 5.74) is 3.04. The van der Waals surface area contributed by atoms with Gasteiger partial charge in [0.05, 0.1) is 18.5 Å². The lowest BCUT2D eigenvalue weighted by atomic mass is 10.2. The van der Waals surface area contributed by atoms with E-state index in [1.807, 2.05) is 30.3 Å². The van der Waals surface area contributed by atoms with Crippen molar-refractivity contribution in [3.05, 3.63) is 42.2 Å². The maximum absolute atomic E-state index is 12.6. The minimum Gasteiger partial charge on any atom is -0.383 e. The Kier molecular flexibility index (Phi) is 7.07. The molecule has 0 spiro atoms. The van der Waals surface area contributed by atoms with E-state index in [1.54, 1.807) is 29.9 Å². The van der Waals surface area contributed by atoms with Crippen LogP contribution in [-0.4, -0.2) is 73.5 Å². The van der Waals surface area contributed by atoms with Crippen LogP contribution in [0, 0.1) is 0 Å². The van der Waals surface area contributed by atoms with Gasteiger partial charge < -0.3 is 25.2 Å². The predicted molar refractivity (Wildman–Crippen MR) is 114 cm³/mol. The third kappa shape index (κ3) is 5.47. The van der Waals surface area contributed by atoms with Gasteiger partial charge in [0, 0.05) is 59.3 Å². The number of aromatic nitrogens is 2. The van der Waals surface area contributed by atoms with Crippen LogP contribution >= 0.6 is 0 Å². The predicted octanol–water partition coefficient (Wildman–Crippen LogP) is 0.903. The molecule has 9 heteroatoms. The van der Waals surface area contributed by atoms with Gasteiger partial charge in [-0.25, -0.2) is 0 Å². The van der Waals surface area contributed by atoms with Crippen LogP contribution in [0.5, 0.6) is 0 Å². The highest BCUT2D eigenvalue weighted by Gasteiger charge is 2.27. The standard InChI is InChI=1S/C20H29N7O2/c1-21-20(23-12-16-4-6-17(7-5-16)22-8-11-29-3)26-9-10-27(19(28)15-26)18-13-24-25(2)14-18/h4-7,13-14,22H,8-12,15H2,1-3H3,(H,21,23). The summed E-state index contributed by atoms with van der Waals surface area (Å²) in [6.07, 6.45) is 3.57. The Bertz CT molecular complexity index is 832. The van der Waals surface area contributed by atoms with Gasteiger partial charge in [0.25, 0.3) is 0 Å². The van der Waals surface area contributed by atoms with Gasteiger partial charge in [0.1, 0.15) is 6.54 Å². The van der Waals surface area contributed by atoms with Gasteiger partial charge in [0.2, 0.25) is 5.91 Å². The highest BCUT2D eigenvalue weighted by atomic mass is 16.5. The molecule has 156 valence electrons. The van der Waals surface area contributed by atoms with Crippen molar-refractivity contribution in [3.63, 3.8) is 0 Å². The number of piperazine rings is 1. The molecule has 0 atom stereocenters. The van der Waals surface area contributed by atoms with Crippen molar-refractivity contribution in [2.75, 3.05) is 57.2 Å². The number of nitrogens with zero attached hydrogens (tertiary/aromatic N) is 5. The molecule has 3 rings (SSSR count). The summed E-state index contributed by atoms with van der Waals surface area (Å²) in [5.74, 6) is 0.769.